The number of nitrogens with one attached hydrogen (secondary N) is 1. The lowest BCUT2D eigenvalue weighted by Crippen LogP contribution is -2.27. The van der Waals surface area contributed by atoms with Gasteiger partial charge in [-0.15, -0.1) is 0 Å². The second-order valence-corrected chi connectivity index (χ2v) is 6.35. The third kappa shape index (κ3) is 5.23. The first-order valence-corrected chi connectivity index (χ1v) is 8.65. The number of carbonyl (C=O) groups is 1. The molecule has 0 aliphatic carbocycles. The Morgan fingerprint density at radius 2 is 1.74 bits per heavy atom. The number of amides is 1. The first kappa shape index (κ1) is 20.3. The highest BCUT2D eigenvalue weighted by Crippen LogP contribution is 2.23. The van der Waals surface area contributed by atoms with Gasteiger partial charge in [0.15, 0.2) is 0 Å². The van der Waals surface area contributed by atoms with Crippen molar-refractivity contribution < 1.29 is 19.1 Å². The maximum absolute atomic E-state index is 12.4. The van der Waals surface area contributed by atoms with Gasteiger partial charge < -0.3 is 19.6 Å². The third-order valence-corrected chi connectivity index (χ3v) is 4.14. The average Bonchev–Trinajstić information content (AvgIpc) is 2.64. The molecule has 2 rings (SSSR count). The summed E-state index contributed by atoms with van der Waals surface area (Å²) in [5.74, 6) is 1.04. The Balaban J connectivity index is 2.04. The Kier molecular flexibility index (Phi) is 6.82. The Labute approximate surface area is 160 Å². The molecule has 0 aliphatic rings. The molecule has 6 nitrogen and oxygen atoms in total. The topological polar surface area (TPSA) is 69.1 Å². The van der Waals surface area contributed by atoms with Crippen molar-refractivity contribution in [3.8, 4) is 11.5 Å². The van der Waals surface area contributed by atoms with Crippen LogP contribution in [0.1, 0.15) is 29.2 Å². The molecular weight excluding hydrogens is 344 g/mol. The van der Waals surface area contributed by atoms with Crippen LogP contribution in [0.15, 0.2) is 35.5 Å². The Hall–Kier alpha value is -3.02. The summed E-state index contributed by atoms with van der Waals surface area (Å²) >= 11 is 0. The van der Waals surface area contributed by atoms with Crippen molar-refractivity contribution in [2.45, 2.75) is 33.8 Å². The minimum atomic E-state index is -0.752. The predicted octanol–water partition coefficient (Wildman–Crippen LogP) is 4.01. The van der Waals surface area contributed by atoms with Crippen molar-refractivity contribution >= 4 is 17.8 Å². The molecule has 1 amide bonds. The minimum absolute atomic E-state index is 0.264. The SMILES string of the molecule is COc1ccc(OC)c(C=NO[C@@H](C)C(=O)Nc2c(C)cc(C)cc2C)c1. The molecule has 0 spiro atoms. The number of methoxy groups -OCH3 is 2. The van der Waals surface area contributed by atoms with Gasteiger partial charge in [-0.1, -0.05) is 22.9 Å². The van der Waals surface area contributed by atoms with Gasteiger partial charge in [-0.05, 0) is 57.0 Å². The second-order valence-electron chi connectivity index (χ2n) is 6.35. The quantitative estimate of drug-likeness (QED) is 0.591. The van der Waals surface area contributed by atoms with Crippen LogP contribution in [-0.4, -0.2) is 32.4 Å². The lowest BCUT2D eigenvalue weighted by Gasteiger charge is -2.15. The van der Waals surface area contributed by atoms with E-state index in [1.54, 1.807) is 39.3 Å². The fraction of sp³-hybridized carbons (Fsp3) is 0.333. The fourth-order valence-corrected chi connectivity index (χ4v) is 2.77. The first-order chi connectivity index (χ1) is 12.8. The maximum Gasteiger partial charge on any atom is 0.268 e. The normalized spacial score (nSPS) is 11.9. The highest BCUT2D eigenvalue weighted by molar-refractivity contribution is 5.95. The number of hydrogen-bond donors (Lipinski definition) is 1. The standard InChI is InChI=1S/C21H26N2O4/c1-13-9-14(2)20(15(3)10-13)23-21(24)16(4)27-22-12-17-11-18(25-5)7-8-19(17)26-6/h7-12,16H,1-6H3,(H,23,24)/t16-/m0/s1. The lowest BCUT2D eigenvalue weighted by molar-refractivity contribution is -0.126. The molecule has 0 aliphatic heterocycles. The summed E-state index contributed by atoms with van der Waals surface area (Å²) in [5.41, 5.74) is 4.67. The van der Waals surface area contributed by atoms with Gasteiger partial charge in [0.05, 0.1) is 20.4 Å². The molecule has 0 bridgehead atoms. The van der Waals surface area contributed by atoms with Gasteiger partial charge in [0, 0.05) is 11.3 Å². The number of oxime groups is 1. The van der Waals surface area contributed by atoms with Gasteiger partial charge in [0.2, 0.25) is 6.10 Å². The number of nitrogens with zero attached hydrogens (tertiary/aromatic N) is 1. The Morgan fingerprint density at radius 3 is 2.33 bits per heavy atom. The van der Waals surface area contributed by atoms with Gasteiger partial charge in [0.25, 0.3) is 5.91 Å². The molecule has 144 valence electrons. The maximum atomic E-state index is 12.4. The van der Waals surface area contributed by atoms with Crippen LogP contribution in [0, 0.1) is 20.8 Å². The molecule has 0 radical (unpaired) electrons. The number of aryl methyl sites for hydroxylation is 3. The summed E-state index contributed by atoms with van der Waals surface area (Å²) in [6, 6.07) is 9.40. The highest BCUT2D eigenvalue weighted by atomic mass is 16.6. The number of hydrogen-bond acceptors (Lipinski definition) is 5. The summed E-state index contributed by atoms with van der Waals surface area (Å²) in [6.45, 7) is 7.61. The number of carbonyl (C=O) groups excluding carboxylic acids is 1. The molecule has 1 atom stereocenters. The van der Waals surface area contributed by atoms with Crippen molar-refractivity contribution in [1.29, 1.82) is 0 Å². The van der Waals surface area contributed by atoms with Crippen LogP contribution in [0.3, 0.4) is 0 Å². The van der Waals surface area contributed by atoms with Crippen LogP contribution in [0.2, 0.25) is 0 Å². The zero-order valence-electron chi connectivity index (χ0n) is 16.6. The van der Waals surface area contributed by atoms with E-state index in [4.69, 9.17) is 14.3 Å². The van der Waals surface area contributed by atoms with E-state index in [0.29, 0.717) is 17.1 Å². The lowest BCUT2D eigenvalue weighted by atomic mass is 10.0. The smallest absolute Gasteiger partial charge is 0.268 e. The van der Waals surface area contributed by atoms with E-state index < -0.39 is 6.10 Å². The molecule has 2 aromatic carbocycles. The van der Waals surface area contributed by atoms with Gasteiger partial charge in [0.1, 0.15) is 11.5 Å². The Morgan fingerprint density at radius 1 is 1.07 bits per heavy atom. The van der Waals surface area contributed by atoms with Gasteiger partial charge in [-0.2, -0.15) is 0 Å². The molecule has 27 heavy (non-hydrogen) atoms. The number of benzene rings is 2. The van der Waals surface area contributed by atoms with Crippen LogP contribution >= 0.6 is 0 Å². The predicted molar refractivity (Wildman–Crippen MR) is 107 cm³/mol. The van der Waals surface area contributed by atoms with Crippen molar-refractivity contribution in [3.05, 3.63) is 52.6 Å². The number of rotatable bonds is 7. The van der Waals surface area contributed by atoms with Crippen LogP contribution in [-0.2, 0) is 9.63 Å². The van der Waals surface area contributed by atoms with Crippen LogP contribution in [0.25, 0.3) is 0 Å². The second kappa shape index (κ2) is 9.07. The van der Waals surface area contributed by atoms with E-state index in [0.717, 1.165) is 22.4 Å². The summed E-state index contributed by atoms with van der Waals surface area (Å²) in [5, 5.41) is 6.84. The summed E-state index contributed by atoms with van der Waals surface area (Å²) in [7, 11) is 3.16. The van der Waals surface area contributed by atoms with Crippen LogP contribution in [0.4, 0.5) is 5.69 Å². The molecule has 0 unspecified atom stereocenters. The van der Waals surface area contributed by atoms with Gasteiger partial charge in [-0.3, -0.25) is 4.79 Å². The largest absolute Gasteiger partial charge is 0.497 e. The number of ether oxygens (including phenoxy) is 2. The molecule has 6 heteroatoms. The van der Waals surface area contributed by atoms with Crippen molar-refractivity contribution in [3.63, 3.8) is 0 Å². The fourth-order valence-electron chi connectivity index (χ4n) is 2.77. The van der Waals surface area contributed by atoms with Crippen molar-refractivity contribution in [2.24, 2.45) is 5.16 Å². The van der Waals surface area contributed by atoms with E-state index in [9.17, 15) is 4.79 Å². The molecular formula is C21H26N2O4. The highest BCUT2D eigenvalue weighted by Gasteiger charge is 2.16. The summed E-state index contributed by atoms with van der Waals surface area (Å²) in [4.78, 5) is 17.7. The third-order valence-electron chi connectivity index (χ3n) is 4.14. The monoisotopic (exact) mass is 370 g/mol. The molecule has 1 N–H and O–H groups in total. The summed E-state index contributed by atoms with van der Waals surface area (Å²) < 4.78 is 10.5. The van der Waals surface area contributed by atoms with Gasteiger partial charge >= 0.3 is 0 Å². The van der Waals surface area contributed by atoms with E-state index in [-0.39, 0.29) is 5.91 Å². The average molecular weight is 370 g/mol. The molecule has 2 aromatic rings. The Bertz CT molecular complexity index is 823. The van der Waals surface area contributed by atoms with E-state index in [1.807, 2.05) is 32.9 Å². The summed E-state index contributed by atoms with van der Waals surface area (Å²) in [6.07, 6.45) is 0.742. The first-order valence-electron chi connectivity index (χ1n) is 8.65. The van der Waals surface area contributed by atoms with Gasteiger partial charge in [-0.25, -0.2) is 0 Å². The molecule has 0 fully saturated rings. The van der Waals surface area contributed by atoms with E-state index in [2.05, 4.69) is 10.5 Å². The molecule has 0 saturated heterocycles. The minimum Gasteiger partial charge on any atom is -0.497 e. The van der Waals surface area contributed by atoms with Crippen molar-refractivity contribution in [1.82, 2.24) is 0 Å². The molecule has 0 heterocycles. The zero-order chi connectivity index (χ0) is 20.0. The zero-order valence-corrected chi connectivity index (χ0v) is 16.6. The number of anilines is 1. The van der Waals surface area contributed by atoms with E-state index in [1.165, 1.54) is 6.21 Å². The van der Waals surface area contributed by atoms with Crippen molar-refractivity contribution in [2.75, 3.05) is 19.5 Å². The molecule has 0 saturated carbocycles. The van der Waals surface area contributed by atoms with E-state index >= 15 is 0 Å². The van der Waals surface area contributed by atoms with Crippen LogP contribution < -0.4 is 14.8 Å². The molecule has 0 aromatic heterocycles. The van der Waals surface area contributed by atoms with Crippen LogP contribution in [0.5, 0.6) is 11.5 Å².